The summed E-state index contributed by atoms with van der Waals surface area (Å²) >= 11 is 0. The summed E-state index contributed by atoms with van der Waals surface area (Å²) in [5.74, 6) is 3.57. The molecule has 0 N–H and O–H groups in total. The topological polar surface area (TPSA) is 48.0 Å². The second kappa shape index (κ2) is 11.1. The minimum Gasteiger partial charge on any atom is -0.493 e. The lowest BCUT2D eigenvalue weighted by Gasteiger charge is -2.27. The molecule has 0 radical (unpaired) electrons. The number of hydrogen-bond donors (Lipinski definition) is 0. The number of benzene rings is 1. The van der Waals surface area contributed by atoms with Gasteiger partial charge in [-0.25, -0.2) is 0 Å². The molecule has 0 saturated carbocycles. The highest BCUT2D eigenvalue weighted by molar-refractivity contribution is 5.70. The molecular weight excluding hydrogens is 354 g/mol. The number of nitrogens with zero attached hydrogens (tertiary/aromatic N) is 1. The number of esters is 1. The first-order valence-corrected chi connectivity index (χ1v) is 10.3. The van der Waals surface area contributed by atoms with Crippen LogP contribution in [0.25, 0.3) is 0 Å². The van der Waals surface area contributed by atoms with Crippen molar-refractivity contribution in [3.63, 3.8) is 0 Å². The van der Waals surface area contributed by atoms with Crippen LogP contribution in [-0.2, 0) is 9.53 Å². The molecule has 28 heavy (non-hydrogen) atoms. The monoisotopic (exact) mass is 389 g/mol. The Hall–Kier alpha value is -2.01. The van der Waals surface area contributed by atoms with Crippen molar-refractivity contribution in [2.45, 2.75) is 52.0 Å². The van der Waals surface area contributed by atoms with Gasteiger partial charge in [0.05, 0.1) is 14.2 Å². The number of methoxy groups -OCH3 is 2. The van der Waals surface area contributed by atoms with Crippen molar-refractivity contribution >= 4 is 5.97 Å². The molecule has 1 aliphatic heterocycles. The average Bonchev–Trinajstić information content (AvgIpc) is 3.08. The molecule has 156 valence electrons. The van der Waals surface area contributed by atoms with Crippen LogP contribution in [0.2, 0.25) is 0 Å². The number of allylic oxidation sites excluding steroid dienone is 1. The van der Waals surface area contributed by atoms with Gasteiger partial charge in [0.1, 0.15) is 5.76 Å². The lowest BCUT2D eigenvalue weighted by atomic mass is 9.89. The zero-order valence-corrected chi connectivity index (χ0v) is 17.9. The molecule has 3 unspecified atom stereocenters. The van der Waals surface area contributed by atoms with Crippen molar-refractivity contribution in [2.75, 3.05) is 27.8 Å². The van der Waals surface area contributed by atoms with Crippen LogP contribution < -0.4 is 9.47 Å². The van der Waals surface area contributed by atoms with Crippen molar-refractivity contribution in [2.24, 2.45) is 11.8 Å². The summed E-state index contributed by atoms with van der Waals surface area (Å²) < 4.78 is 15.5. The van der Waals surface area contributed by atoms with Crippen LogP contribution in [0, 0.1) is 11.8 Å². The van der Waals surface area contributed by atoms with Gasteiger partial charge >= 0.3 is 5.97 Å². The zero-order chi connectivity index (χ0) is 20.5. The molecule has 1 aliphatic carbocycles. The second-order valence-corrected chi connectivity index (χ2v) is 7.74. The number of para-hydroxylation sites is 2. The molecule has 1 aromatic carbocycles. The van der Waals surface area contributed by atoms with Crippen molar-refractivity contribution in [3.8, 4) is 11.5 Å². The minimum atomic E-state index is -0.0605. The van der Waals surface area contributed by atoms with E-state index >= 15 is 0 Å². The van der Waals surface area contributed by atoms with E-state index in [1.807, 2.05) is 24.3 Å². The molecule has 0 bridgehead atoms. The molecule has 1 saturated heterocycles. The summed E-state index contributed by atoms with van der Waals surface area (Å²) in [6.07, 6.45) is 7.12. The lowest BCUT2D eigenvalue weighted by Crippen LogP contribution is -2.30. The summed E-state index contributed by atoms with van der Waals surface area (Å²) in [6, 6.07) is 8.02. The highest BCUT2D eigenvalue weighted by Crippen LogP contribution is 2.34. The van der Waals surface area contributed by atoms with Crippen LogP contribution in [0.3, 0.4) is 0 Å². The van der Waals surface area contributed by atoms with E-state index in [0.29, 0.717) is 18.4 Å². The van der Waals surface area contributed by atoms with E-state index in [1.54, 1.807) is 14.2 Å². The first-order valence-electron chi connectivity index (χ1n) is 10.3. The largest absolute Gasteiger partial charge is 0.493 e. The van der Waals surface area contributed by atoms with Gasteiger partial charge in [0.15, 0.2) is 11.5 Å². The van der Waals surface area contributed by atoms with Gasteiger partial charge < -0.3 is 14.2 Å². The third kappa shape index (κ3) is 6.26. The van der Waals surface area contributed by atoms with Gasteiger partial charge in [-0.05, 0) is 56.5 Å². The van der Waals surface area contributed by atoms with E-state index in [1.165, 1.54) is 13.0 Å². The molecule has 0 amide bonds. The van der Waals surface area contributed by atoms with Crippen molar-refractivity contribution in [1.82, 2.24) is 4.90 Å². The first-order chi connectivity index (χ1) is 13.5. The van der Waals surface area contributed by atoms with E-state index in [9.17, 15) is 4.79 Å². The standard InChI is InChI=1S/C15H25NO2.C8H10O2/c1-4-11(2)9-15(17)18-13-6-5-12-7-8-16(3)14(12)10-13;1-9-7-5-3-4-6-8(7)10-2/h10-12,14H,4-9H2,1-3H3;3-6H,1-2H3. The molecule has 1 heterocycles. The second-order valence-electron chi connectivity index (χ2n) is 7.74. The number of carbonyl (C=O) groups excluding carboxylic acids is 1. The fraction of sp³-hybridized carbons (Fsp3) is 0.609. The first kappa shape index (κ1) is 22.3. The van der Waals surface area contributed by atoms with E-state index in [0.717, 1.165) is 42.4 Å². The van der Waals surface area contributed by atoms with Crippen LogP contribution in [0.1, 0.15) is 46.0 Å². The Kier molecular flexibility index (Phi) is 8.84. The Labute approximate surface area is 169 Å². The Morgan fingerprint density at radius 1 is 1.18 bits per heavy atom. The van der Waals surface area contributed by atoms with E-state index in [-0.39, 0.29) is 5.97 Å². The summed E-state index contributed by atoms with van der Waals surface area (Å²) in [6.45, 7) is 5.37. The summed E-state index contributed by atoms with van der Waals surface area (Å²) in [5.41, 5.74) is 0. The SMILES string of the molecule is CCC(C)CC(=O)OC1=CC2C(CC1)CCN2C.COc1ccccc1OC. The van der Waals surface area contributed by atoms with Gasteiger partial charge in [-0.3, -0.25) is 9.69 Å². The van der Waals surface area contributed by atoms with E-state index in [2.05, 4.69) is 31.9 Å². The molecule has 2 aliphatic rings. The lowest BCUT2D eigenvalue weighted by molar-refractivity contribution is -0.140. The van der Waals surface area contributed by atoms with Gasteiger partial charge in [-0.15, -0.1) is 0 Å². The maximum atomic E-state index is 11.8. The van der Waals surface area contributed by atoms with Crippen LogP contribution >= 0.6 is 0 Å². The number of rotatable bonds is 6. The number of hydrogen-bond acceptors (Lipinski definition) is 5. The number of likely N-dealkylation sites (tertiary alicyclic amines) is 1. The third-order valence-corrected chi connectivity index (χ3v) is 5.71. The van der Waals surface area contributed by atoms with Crippen LogP contribution in [0.5, 0.6) is 11.5 Å². The quantitative estimate of drug-likeness (QED) is 0.662. The number of carbonyl (C=O) groups is 1. The highest BCUT2D eigenvalue weighted by atomic mass is 16.5. The van der Waals surface area contributed by atoms with Gasteiger partial charge in [0.2, 0.25) is 0 Å². The summed E-state index contributed by atoms with van der Waals surface area (Å²) in [4.78, 5) is 14.1. The Balaban J connectivity index is 0.000000237. The highest BCUT2D eigenvalue weighted by Gasteiger charge is 2.33. The molecular formula is C23H35NO4. The fourth-order valence-corrected chi connectivity index (χ4v) is 3.72. The molecule has 1 aromatic rings. The number of likely N-dealkylation sites (N-methyl/N-ethyl adjacent to an activating group) is 1. The summed E-state index contributed by atoms with van der Waals surface area (Å²) in [5, 5.41) is 0. The average molecular weight is 390 g/mol. The molecule has 5 heteroatoms. The van der Waals surface area contributed by atoms with Crippen molar-refractivity contribution in [3.05, 3.63) is 36.1 Å². The Morgan fingerprint density at radius 2 is 1.82 bits per heavy atom. The number of fused-ring (bicyclic) bond motifs is 1. The van der Waals surface area contributed by atoms with Crippen molar-refractivity contribution in [1.29, 1.82) is 0 Å². The molecule has 0 aromatic heterocycles. The van der Waals surface area contributed by atoms with Crippen LogP contribution in [0.15, 0.2) is 36.1 Å². The smallest absolute Gasteiger partial charge is 0.311 e. The van der Waals surface area contributed by atoms with Crippen LogP contribution in [0.4, 0.5) is 0 Å². The van der Waals surface area contributed by atoms with E-state index in [4.69, 9.17) is 14.2 Å². The summed E-state index contributed by atoms with van der Waals surface area (Å²) in [7, 11) is 5.40. The third-order valence-electron chi connectivity index (χ3n) is 5.71. The predicted molar refractivity (Wildman–Crippen MR) is 112 cm³/mol. The zero-order valence-electron chi connectivity index (χ0n) is 17.9. The van der Waals surface area contributed by atoms with Gasteiger partial charge in [-0.1, -0.05) is 32.4 Å². The van der Waals surface area contributed by atoms with Gasteiger partial charge in [0, 0.05) is 18.9 Å². The van der Waals surface area contributed by atoms with Crippen LogP contribution in [-0.4, -0.2) is 44.7 Å². The molecule has 3 rings (SSSR count). The normalized spacial score (nSPS) is 22.2. The maximum absolute atomic E-state index is 11.8. The van der Waals surface area contributed by atoms with Crippen molar-refractivity contribution < 1.29 is 19.0 Å². The molecule has 3 atom stereocenters. The fourth-order valence-electron chi connectivity index (χ4n) is 3.72. The predicted octanol–water partition coefficient (Wildman–Crippen LogP) is 4.67. The molecule has 1 fully saturated rings. The van der Waals surface area contributed by atoms with E-state index < -0.39 is 0 Å². The molecule has 0 spiro atoms. The number of ether oxygens (including phenoxy) is 3. The molecule has 5 nitrogen and oxygen atoms in total. The van der Waals surface area contributed by atoms with Gasteiger partial charge in [-0.2, -0.15) is 0 Å². The Bertz CT molecular complexity index is 635. The maximum Gasteiger partial charge on any atom is 0.311 e. The van der Waals surface area contributed by atoms with Gasteiger partial charge in [0.25, 0.3) is 0 Å². The minimum absolute atomic E-state index is 0.0605. The Morgan fingerprint density at radius 3 is 2.39 bits per heavy atom.